The fourth-order valence-electron chi connectivity index (χ4n) is 4.44. The van der Waals surface area contributed by atoms with Gasteiger partial charge in [-0.15, -0.1) is 11.3 Å². The summed E-state index contributed by atoms with van der Waals surface area (Å²) in [6.45, 7) is 3.97. The van der Waals surface area contributed by atoms with Gasteiger partial charge in [0.25, 0.3) is 11.8 Å². The van der Waals surface area contributed by atoms with Crippen molar-refractivity contribution in [1.82, 2.24) is 5.32 Å². The van der Waals surface area contributed by atoms with Gasteiger partial charge in [0.2, 0.25) is 0 Å². The summed E-state index contributed by atoms with van der Waals surface area (Å²) in [6.07, 6.45) is 2.46. The molecule has 2 amide bonds. The van der Waals surface area contributed by atoms with Crippen LogP contribution in [0, 0.1) is 11.7 Å². The van der Waals surface area contributed by atoms with Gasteiger partial charge in [-0.25, -0.2) is 12.8 Å². The summed E-state index contributed by atoms with van der Waals surface area (Å²) in [5.41, 5.74) is 1.37. The number of halogens is 1. The molecule has 0 bridgehead atoms. The molecule has 1 aliphatic carbocycles. The minimum Gasteiger partial charge on any atom is -0.481 e. The summed E-state index contributed by atoms with van der Waals surface area (Å²) in [5, 5.41) is 6.22. The number of anilines is 1. The second-order valence-electron chi connectivity index (χ2n) is 9.09. The molecule has 3 atom stereocenters. The highest BCUT2D eigenvalue weighted by atomic mass is 32.2. The van der Waals surface area contributed by atoms with Gasteiger partial charge in [0, 0.05) is 10.9 Å². The van der Waals surface area contributed by atoms with Crippen molar-refractivity contribution in [1.29, 1.82) is 0 Å². The second-order valence-corrected chi connectivity index (χ2v) is 12.4. The average molecular weight is 509 g/mol. The number of amides is 2. The van der Waals surface area contributed by atoms with Crippen molar-refractivity contribution in [3.63, 3.8) is 0 Å². The third kappa shape index (κ3) is 5.60. The van der Waals surface area contributed by atoms with Crippen LogP contribution >= 0.6 is 11.3 Å². The SMILES string of the molecule is CCC(Oc1ccc(F)cc1)C(=O)Nc1sc2c(c1C(=O)NC1CCS(=O)(=O)C1)CCC(C)C2. The molecular formula is C24H29FN2O5S2. The first kappa shape index (κ1) is 24.7. The number of nitrogens with one attached hydrogen (secondary N) is 2. The quantitative estimate of drug-likeness (QED) is 0.594. The van der Waals surface area contributed by atoms with E-state index in [9.17, 15) is 22.4 Å². The Bertz CT molecular complexity index is 1180. The standard InChI is InChI=1S/C24H29FN2O5S2/c1-3-19(32-17-7-5-15(25)6-8-17)22(28)27-24-21(18-9-4-14(2)12-20(18)33-24)23(29)26-16-10-11-34(30,31)13-16/h5-8,14,16,19H,3-4,9-13H2,1-2H3,(H,26,29)(H,27,28). The third-order valence-corrected chi connectivity index (χ3v) is 9.24. The highest BCUT2D eigenvalue weighted by molar-refractivity contribution is 7.91. The van der Waals surface area contributed by atoms with Crippen LogP contribution in [0.15, 0.2) is 24.3 Å². The molecule has 3 unspecified atom stereocenters. The molecule has 7 nitrogen and oxygen atoms in total. The van der Waals surface area contributed by atoms with Gasteiger partial charge in [-0.1, -0.05) is 13.8 Å². The molecule has 1 aliphatic heterocycles. The van der Waals surface area contributed by atoms with Crippen molar-refractivity contribution < 1.29 is 27.1 Å². The lowest BCUT2D eigenvalue weighted by molar-refractivity contribution is -0.122. The Morgan fingerprint density at radius 3 is 2.62 bits per heavy atom. The lowest BCUT2D eigenvalue weighted by Crippen LogP contribution is -2.37. The lowest BCUT2D eigenvalue weighted by atomic mass is 9.88. The maximum atomic E-state index is 13.3. The van der Waals surface area contributed by atoms with Crippen LogP contribution in [0.4, 0.5) is 9.39 Å². The molecule has 4 rings (SSSR count). The third-order valence-electron chi connectivity index (χ3n) is 6.30. The molecule has 0 saturated carbocycles. The number of benzene rings is 1. The Hall–Kier alpha value is -2.46. The Morgan fingerprint density at radius 2 is 1.97 bits per heavy atom. The maximum absolute atomic E-state index is 13.3. The number of hydrogen-bond donors (Lipinski definition) is 2. The van der Waals surface area contributed by atoms with Crippen molar-refractivity contribution >= 4 is 38.0 Å². The summed E-state index contributed by atoms with van der Waals surface area (Å²) >= 11 is 1.40. The first-order valence-corrected chi connectivity index (χ1v) is 14.2. The molecule has 2 aliphatic rings. The van der Waals surface area contributed by atoms with Gasteiger partial charge >= 0.3 is 0 Å². The molecule has 0 spiro atoms. The van der Waals surface area contributed by atoms with Crippen LogP contribution in [-0.2, 0) is 27.5 Å². The van der Waals surface area contributed by atoms with E-state index in [0.717, 1.165) is 29.7 Å². The van der Waals surface area contributed by atoms with Gasteiger partial charge < -0.3 is 15.4 Å². The van der Waals surface area contributed by atoms with Crippen molar-refractivity contribution in [3.8, 4) is 5.75 Å². The summed E-state index contributed by atoms with van der Waals surface area (Å²) in [7, 11) is -3.13. The van der Waals surface area contributed by atoms with Gasteiger partial charge in [-0.2, -0.15) is 0 Å². The van der Waals surface area contributed by atoms with E-state index in [-0.39, 0.29) is 17.4 Å². The van der Waals surface area contributed by atoms with Gasteiger partial charge in [-0.05, 0) is 67.9 Å². The van der Waals surface area contributed by atoms with E-state index < -0.39 is 33.7 Å². The number of fused-ring (bicyclic) bond motifs is 1. The predicted octanol–water partition coefficient (Wildman–Crippen LogP) is 3.73. The number of ether oxygens (including phenoxy) is 1. The van der Waals surface area contributed by atoms with Crippen LogP contribution in [0.5, 0.6) is 5.75 Å². The summed E-state index contributed by atoms with van der Waals surface area (Å²) in [4.78, 5) is 27.4. The fourth-order valence-corrected chi connectivity index (χ4v) is 7.52. The number of carbonyl (C=O) groups is 2. The van der Waals surface area contributed by atoms with Crippen LogP contribution in [0.2, 0.25) is 0 Å². The van der Waals surface area contributed by atoms with Crippen molar-refractivity contribution in [3.05, 3.63) is 46.1 Å². The van der Waals surface area contributed by atoms with Crippen LogP contribution in [0.3, 0.4) is 0 Å². The molecule has 10 heteroatoms. The second kappa shape index (κ2) is 10.0. The monoisotopic (exact) mass is 508 g/mol. The molecule has 1 aromatic heterocycles. The van der Waals surface area contributed by atoms with Gasteiger partial charge in [0.1, 0.15) is 16.6 Å². The molecule has 184 valence electrons. The molecule has 1 saturated heterocycles. The highest BCUT2D eigenvalue weighted by Crippen LogP contribution is 2.40. The van der Waals surface area contributed by atoms with E-state index in [1.165, 1.54) is 35.6 Å². The lowest BCUT2D eigenvalue weighted by Gasteiger charge is -2.20. The molecular weight excluding hydrogens is 479 g/mol. The van der Waals surface area contributed by atoms with E-state index in [2.05, 4.69) is 17.6 Å². The zero-order valence-corrected chi connectivity index (χ0v) is 20.9. The van der Waals surface area contributed by atoms with E-state index >= 15 is 0 Å². The predicted molar refractivity (Wildman–Crippen MR) is 130 cm³/mol. The first-order valence-electron chi connectivity index (χ1n) is 11.5. The van der Waals surface area contributed by atoms with Crippen LogP contribution < -0.4 is 15.4 Å². The minimum absolute atomic E-state index is 0.0623. The van der Waals surface area contributed by atoms with Crippen LogP contribution in [0.1, 0.15) is 53.9 Å². The normalized spacial score (nSPS) is 22.0. The minimum atomic E-state index is -3.13. The Kier molecular flexibility index (Phi) is 7.28. The smallest absolute Gasteiger partial charge is 0.266 e. The van der Waals surface area contributed by atoms with Crippen molar-refractivity contribution in [2.24, 2.45) is 5.92 Å². The largest absolute Gasteiger partial charge is 0.481 e. The number of rotatable bonds is 7. The molecule has 1 fully saturated rings. The van der Waals surface area contributed by atoms with E-state index in [1.54, 1.807) is 0 Å². The number of thiophene rings is 1. The highest BCUT2D eigenvalue weighted by Gasteiger charge is 2.33. The Labute approximate surface area is 203 Å². The Balaban J connectivity index is 1.55. The molecule has 34 heavy (non-hydrogen) atoms. The summed E-state index contributed by atoms with van der Waals surface area (Å²) in [6, 6.07) is 5.03. The maximum Gasteiger partial charge on any atom is 0.266 e. The summed E-state index contributed by atoms with van der Waals surface area (Å²) in [5.74, 6) is -0.270. The van der Waals surface area contributed by atoms with Gasteiger partial charge in [0.15, 0.2) is 15.9 Å². The zero-order valence-electron chi connectivity index (χ0n) is 19.2. The van der Waals surface area contributed by atoms with Gasteiger partial charge in [-0.3, -0.25) is 9.59 Å². The zero-order chi connectivity index (χ0) is 24.5. The number of sulfone groups is 1. The molecule has 1 aromatic carbocycles. The van der Waals surface area contributed by atoms with E-state index in [0.29, 0.717) is 35.1 Å². The number of hydrogen-bond acceptors (Lipinski definition) is 6. The molecule has 2 aromatic rings. The van der Waals surface area contributed by atoms with E-state index in [4.69, 9.17) is 4.74 Å². The molecule has 0 radical (unpaired) electrons. The van der Waals surface area contributed by atoms with Crippen molar-refractivity contribution in [2.45, 2.75) is 58.1 Å². The average Bonchev–Trinajstić information content (AvgIpc) is 3.31. The van der Waals surface area contributed by atoms with Crippen LogP contribution in [-0.4, -0.2) is 43.9 Å². The van der Waals surface area contributed by atoms with Crippen molar-refractivity contribution in [2.75, 3.05) is 16.8 Å². The molecule has 2 heterocycles. The first-order chi connectivity index (χ1) is 16.1. The topological polar surface area (TPSA) is 102 Å². The van der Waals surface area contributed by atoms with E-state index in [1.807, 2.05) is 6.92 Å². The number of carbonyl (C=O) groups excluding carboxylic acids is 2. The Morgan fingerprint density at radius 1 is 1.24 bits per heavy atom. The fraction of sp³-hybridized carbons (Fsp3) is 0.500. The molecule has 2 N–H and O–H groups in total. The van der Waals surface area contributed by atoms with Gasteiger partial charge in [0.05, 0.1) is 17.1 Å². The summed E-state index contributed by atoms with van der Waals surface area (Å²) < 4.78 is 42.6. The van der Waals surface area contributed by atoms with Crippen LogP contribution in [0.25, 0.3) is 0 Å².